The number of carbonyl (C=O) groups is 4. The summed E-state index contributed by atoms with van der Waals surface area (Å²) in [7, 11) is 0. The summed E-state index contributed by atoms with van der Waals surface area (Å²) in [6, 6.07) is 6.66. The number of primary amides is 1. The molecule has 0 fully saturated rings. The highest BCUT2D eigenvalue weighted by molar-refractivity contribution is 5.97. The number of benzene rings is 1. The fourth-order valence-electron chi connectivity index (χ4n) is 1.92. The van der Waals surface area contributed by atoms with Crippen LogP contribution in [0.2, 0.25) is 0 Å². The molecular weight excluding hydrogens is 342 g/mol. The molecule has 142 valence electrons. The standard InChI is InChI=1S/C17H23N3O6/c1-10(2)14(15(22)20-17(18)24)26-16(23)11(3)19-13(21)9-25-12-7-5-4-6-8-12/h4-8,10-11,14H,9H2,1-3H3,(H,19,21)(H3,18,20,22,24)/t11-,14-/m0/s1. The molecule has 0 bridgehead atoms. The van der Waals surface area contributed by atoms with Gasteiger partial charge in [-0.25, -0.2) is 9.59 Å². The monoisotopic (exact) mass is 365 g/mol. The topological polar surface area (TPSA) is 137 Å². The maximum absolute atomic E-state index is 12.1. The molecule has 0 aliphatic carbocycles. The largest absolute Gasteiger partial charge is 0.484 e. The molecule has 1 aromatic carbocycles. The third-order valence-electron chi connectivity index (χ3n) is 3.20. The molecule has 9 heteroatoms. The number of nitrogens with two attached hydrogens (primary N) is 1. The van der Waals surface area contributed by atoms with Crippen LogP contribution in [0.3, 0.4) is 0 Å². The van der Waals surface area contributed by atoms with Crippen molar-refractivity contribution in [1.29, 1.82) is 0 Å². The van der Waals surface area contributed by atoms with Crippen molar-refractivity contribution in [2.45, 2.75) is 32.9 Å². The van der Waals surface area contributed by atoms with Crippen molar-refractivity contribution in [3.05, 3.63) is 30.3 Å². The molecule has 0 saturated carbocycles. The van der Waals surface area contributed by atoms with E-state index in [4.69, 9.17) is 15.2 Å². The summed E-state index contributed by atoms with van der Waals surface area (Å²) in [5.74, 6) is -2.06. The molecular formula is C17H23N3O6. The number of para-hydroxylation sites is 1. The molecule has 0 saturated heterocycles. The van der Waals surface area contributed by atoms with Crippen LogP contribution in [0.15, 0.2) is 30.3 Å². The van der Waals surface area contributed by atoms with Crippen molar-refractivity contribution < 1.29 is 28.7 Å². The van der Waals surface area contributed by atoms with E-state index >= 15 is 0 Å². The van der Waals surface area contributed by atoms with E-state index in [2.05, 4.69) is 5.32 Å². The minimum absolute atomic E-state index is 0.280. The zero-order chi connectivity index (χ0) is 19.7. The van der Waals surface area contributed by atoms with Crippen LogP contribution < -0.4 is 21.1 Å². The Hall–Kier alpha value is -3.10. The Morgan fingerprint density at radius 1 is 1.08 bits per heavy atom. The Bertz CT molecular complexity index is 647. The van der Waals surface area contributed by atoms with Gasteiger partial charge in [-0.3, -0.25) is 14.9 Å². The Labute approximate surface area is 151 Å². The van der Waals surface area contributed by atoms with E-state index in [0.29, 0.717) is 5.75 Å². The van der Waals surface area contributed by atoms with Gasteiger partial charge in [0.05, 0.1) is 0 Å². The van der Waals surface area contributed by atoms with E-state index in [1.165, 1.54) is 6.92 Å². The second kappa shape index (κ2) is 10.0. The van der Waals surface area contributed by atoms with Crippen molar-refractivity contribution in [2.75, 3.05) is 6.61 Å². The Morgan fingerprint density at radius 2 is 1.69 bits per heavy atom. The van der Waals surface area contributed by atoms with Crippen LogP contribution in [0.4, 0.5) is 4.79 Å². The quantitative estimate of drug-likeness (QED) is 0.568. The van der Waals surface area contributed by atoms with Gasteiger partial charge < -0.3 is 20.5 Å². The molecule has 0 unspecified atom stereocenters. The van der Waals surface area contributed by atoms with Gasteiger partial charge in [-0.15, -0.1) is 0 Å². The second-order valence-electron chi connectivity index (χ2n) is 5.85. The van der Waals surface area contributed by atoms with Gasteiger partial charge in [0.25, 0.3) is 11.8 Å². The van der Waals surface area contributed by atoms with Crippen molar-refractivity contribution in [3.8, 4) is 5.75 Å². The number of imide groups is 1. The highest BCUT2D eigenvalue weighted by Gasteiger charge is 2.29. The maximum Gasteiger partial charge on any atom is 0.329 e. The van der Waals surface area contributed by atoms with Gasteiger partial charge in [0.2, 0.25) is 0 Å². The molecule has 0 radical (unpaired) electrons. The van der Waals surface area contributed by atoms with Crippen molar-refractivity contribution in [3.63, 3.8) is 0 Å². The van der Waals surface area contributed by atoms with E-state index in [0.717, 1.165) is 0 Å². The van der Waals surface area contributed by atoms with E-state index in [1.807, 2.05) is 11.4 Å². The van der Waals surface area contributed by atoms with Crippen molar-refractivity contribution in [2.24, 2.45) is 11.7 Å². The average Bonchev–Trinajstić information content (AvgIpc) is 2.57. The molecule has 0 aromatic heterocycles. The number of nitrogens with one attached hydrogen (secondary N) is 2. The summed E-state index contributed by atoms with van der Waals surface area (Å²) in [6.07, 6.45) is -1.21. The average molecular weight is 365 g/mol. The minimum atomic E-state index is -1.21. The highest BCUT2D eigenvalue weighted by Crippen LogP contribution is 2.09. The van der Waals surface area contributed by atoms with Gasteiger partial charge in [0, 0.05) is 0 Å². The van der Waals surface area contributed by atoms with Gasteiger partial charge in [-0.1, -0.05) is 32.0 Å². The summed E-state index contributed by atoms with van der Waals surface area (Å²) in [5.41, 5.74) is 4.89. The number of rotatable bonds is 8. The molecule has 2 atom stereocenters. The maximum atomic E-state index is 12.1. The fraction of sp³-hybridized carbons (Fsp3) is 0.412. The molecule has 26 heavy (non-hydrogen) atoms. The Kier molecular flexibility index (Phi) is 8.07. The first-order valence-electron chi connectivity index (χ1n) is 7.98. The highest BCUT2D eigenvalue weighted by atomic mass is 16.6. The van der Waals surface area contributed by atoms with E-state index in [-0.39, 0.29) is 6.61 Å². The summed E-state index contributed by atoms with van der Waals surface area (Å²) in [6.45, 7) is 4.40. The zero-order valence-corrected chi connectivity index (χ0v) is 14.9. The third-order valence-corrected chi connectivity index (χ3v) is 3.20. The zero-order valence-electron chi connectivity index (χ0n) is 14.9. The fourth-order valence-corrected chi connectivity index (χ4v) is 1.92. The lowest BCUT2D eigenvalue weighted by molar-refractivity contribution is -0.160. The predicted octanol–water partition coefficient (Wildman–Crippen LogP) is 0.333. The lowest BCUT2D eigenvalue weighted by Crippen LogP contribution is -2.48. The first-order chi connectivity index (χ1) is 12.2. The summed E-state index contributed by atoms with van der Waals surface area (Å²) in [4.78, 5) is 46.5. The van der Waals surface area contributed by atoms with Gasteiger partial charge in [-0.05, 0) is 25.0 Å². The third kappa shape index (κ3) is 7.20. The molecule has 4 N–H and O–H groups in total. The number of carbonyl (C=O) groups excluding carboxylic acids is 4. The lowest BCUT2D eigenvalue weighted by Gasteiger charge is -2.22. The van der Waals surface area contributed by atoms with Crippen LogP contribution in [0.1, 0.15) is 20.8 Å². The molecule has 0 aliphatic heterocycles. The molecule has 0 heterocycles. The van der Waals surface area contributed by atoms with Gasteiger partial charge in [-0.2, -0.15) is 0 Å². The van der Waals surface area contributed by atoms with Gasteiger partial charge >= 0.3 is 12.0 Å². The Balaban J connectivity index is 2.52. The first-order valence-corrected chi connectivity index (χ1v) is 7.98. The Morgan fingerprint density at radius 3 is 2.23 bits per heavy atom. The van der Waals surface area contributed by atoms with Crippen LogP contribution in [-0.4, -0.2) is 42.6 Å². The molecule has 1 rings (SSSR count). The van der Waals surface area contributed by atoms with Crippen molar-refractivity contribution >= 4 is 23.8 Å². The van der Waals surface area contributed by atoms with Crippen LogP contribution in [-0.2, 0) is 19.1 Å². The van der Waals surface area contributed by atoms with Gasteiger partial charge in [0.1, 0.15) is 11.8 Å². The number of hydrogen-bond donors (Lipinski definition) is 3. The smallest absolute Gasteiger partial charge is 0.329 e. The lowest BCUT2D eigenvalue weighted by atomic mass is 10.1. The van der Waals surface area contributed by atoms with E-state index in [9.17, 15) is 19.2 Å². The summed E-state index contributed by atoms with van der Waals surface area (Å²) < 4.78 is 10.4. The number of esters is 1. The van der Waals surface area contributed by atoms with Crippen molar-refractivity contribution in [1.82, 2.24) is 10.6 Å². The number of urea groups is 1. The van der Waals surface area contributed by atoms with Crippen LogP contribution in [0.25, 0.3) is 0 Å². The SMILES string of the molecule is CC(C)[C@H](OC(=O)[C@H](C)NC(=O)COc1ccccc1)C(=O)NC(N)=O. The van der Waals surface area contributed by atoms with Gasteiger partial charge in [0.15, 0.2) is 12.7 Å². The number of amides is 4. The molecule has 0 spiro atoms. The minimum Gasteiger partial charge on any atom is -0.484 e. The molecule has 1 aromatic rings. The molecule has 4 amide bonds. The predicted molar refractivity (Wildman–Crippen MR) is 92.0 cm³/mol. The van der Waals surface area contributed by atoms with E-state index < -0.39 is 41.9 Å². The van der Waals surface area contributed by atoms with Crippen LogP contribution >= 0.6 is 0 Å². The second-order valence-corrected chi connectivity index (χ2v) is 5.85. The number of ether oxygens (including phenoxy) is 2. The van der Waals surface area contributed by atoms with Crippen LogP contribution in [0.5, 0.6) is 5.75 Å². The molecule has 9 nitrogen and oxygen atoms in total. The summed E-state index contributed by atoms with van der Waals surface area (Å²) in [5, 5.41) is 4.28. The van der Waals surface area contributed by atoms with Crippen LogP contribution in [0, 0.1) is 5.92 Å². The summed E-state index contributed by atoms with van der Waals surface area (Å²) >= 11 is 0. The first kappa shape index (κ1) is 20.9. The number of hydrogen-bond acceptors (Lipinski definition) is 6. The molecule has 0 aliphatic rings. The normalized spacial score (nSPS) is 12.6. The van der Waals surface area contributed by atoms with E-state index in [1.54, 1.807) is 38.1 Å².